The average Bonchev–Trinajstić information content (AvgIpc) is 3.05. The van der Waals surface area contributed by atoms with Crippen LogP contribution < -0.4 is 5.32 Å². The van der Waals surface area contributed by atoms with Crippen molar-refractivity contribution in [2.75, 3.05) is 6.61 Å². The number of amides is 1. The SMILES string of the molecule is CC(C)COC(=O)C(=Cc1ccco1)NC(=O)c1ccccc1. The summed E-state index contributed by atoms with van der Waals surface area (Å²) in [7, 11) is 0. The summed E-state index contributed by atoms with van der Waals surface area (Å²) < 4.78 is 10.4. The molecule has 0 spiro atoms. The van der Waals surface area contributed by atoms with Gasteiger partial charge < -0.3 is 14.5 Å². The smallest absolute Gasteiger partial charge is 0.354 e. The molecule has 23 heavy (non-hydrogen) atoms. The lowest BCUT2D eigenvalue weighted by Gasteiger charge is -2.11. The summed E-state index contributed by atoms with van der Waals surface area (Å²) in [6, 6.07) is 12.0. The zero-order chi connectivity index (χ0) is 16.7. The van der Waals surface area contributed by atoms with Gasteiger partial charge in [0, 0.05) is 11.6 Å². The average molecular weight is 313 g/mol. The van der Waals surface area contributed by atoms with Gasteiger partial charge in [0.15, 0.2) is 0 Å². The number of hydrogen-bond acceptors (Lipinski definition) is 4. The largest absolute Gasteiger partial charge is 0.465 e. The van der Waals surface area contributed by atoms with Gasteiger partial charge in [-0.1, -0.05) is 32.0 Å². The first kappa shape index (κ1) is 16.5. The number of hydrogen-bond donors (Lipinski definition) is 1. The second-order valence-electron chi connectivity index (χ2n) is 5.39. The molecule has 0 saturated heterocycles. The lowest BCUT2D eigenvalue weighted by molar-refractivity contribution is -0.140. The van der Waals surface area contributed by atoms with E-state index in [2.05, 4.69) is 5.32 Å². The molecule has 1 heterocycles. The monoisotopic (exact) mass is 313 g/mol. The van der Waals surface area contributed by atoms with Crippen LogP contribution >= 0.6 is 0 Å². The Bertz CT molecular complexity index is 672. The normalized spacial score (nSPS) is 11.3. The molecule has 1 N–H and O–H groups in total. The molecule has 2 rings (SSSR count). The van der Waals surface area contributed by atoms with Gasteiger partial charge in [-0.05, 0) is 30.2 Å². The lowest BCUT2D eigenvalue weighted by atomic mass is 10.2. The van der Waals surface area contributed by atoms with Gasteiger partial charge in [-0.2, -0.15) is 0 Å². The maximum Gasteiger partial charge on any atom is 0.354 e. The van der Waals surface area contributed by atoms with E-state index in [1.807, 2.05) is 19.9 Å². The fourth-order valence-corrected chi connectivity index (χ4v) is 1.77. The zero-order valence-electron chi connectivity index (χ0n) is 13.1. The van der Waals surface area contributed by atoms with Crippen LogP contribution in [0.3, 0.4) is 0 Å². The van der Waals surface area contributed by atoms with Crippen molar-refractivity contribution in [1.29, 1.82) is 0 Å². The first-order valence-electron chi connectivity index (χ1n) is 7.35. The second kappa shape index (κ2) is 7.98. The molecule has 1 amide bonds. The highest BCUT2D eigenvalue weighted by Gasteiger charge is 2.17. The Morgan fingerprint density at radius 3 is 2.52 bits per heavy atom. The molecule has 0 saturated carbocycles. The number of ether oxygens (including phenoxy) is 1. The number of carbonyl (C=O) groups is 2. The van der Waals surface area contributed by atoms with Crippen LogP contribution in [-0.2, 0) is 9.53 Å². The number of benzene rings is 1. The van der Waals surface area contributed by atoms with E-state index in [1.165, 1.54) is 12.3 Å². The zero-order valence-corrected chi connectivity index (χ0v) is 13.1. The molecular formula is C18H19NO4. The molecule has 2 aromatic rings. The molecule has 0 fully saturated rings. The predicted molar refractivity (Wildman–Crippen MR) is 86.4 cm³/mol. The third-order valence-electron chi connectivity index (χ3n) is 2.88. The summed E-state index contributed by atoms with van der Waals surface area (Å²) in [6.45, 7) is 4.15. The first-order chi connectivity index (χ1) is 11.1. The number of carbonyl (C=O) groups excluding carboxylic acids is 2. The molecule has 5 heteroatoms. The summed E-state index contributed by atoms with van der Waals surface area (Å²) in [6.07, 6.45) is 2.94. The molecule has 0 atom stereocenters. The lowest BCUT2D eigenvalue weighted by Crippen LogP contribution is -2.29. The maximum atomic E-state index is 12.2. The highest BCUT2D eigenvalue weighted by Crippen LogP contribution is 2.09. The Morgan fingerprint density at radius 2 is 1.91 bits per heavy atom. The summed E-state index contributed by atoms with van der Waals surface area (Å²) >= 11 is 0. The van der Waals surface area contributed by atoms with E-state index in [9.17, 15) is 9.59 Å². The molecular weight excluding hydrogens is 294 g/mol. The molecule has 0 bridgehead atoms. The van der Waals surface area contributed by atoms with Crippen LogP contribution in [0.5, 0.6) is 0 Å². The Balaban J connectivity index is 2.16. The summed E-state index contributed by atoms with van der Waals surface area (Å²) in [5.74, 6) is -0.326. The van der Waals surface area contributed by atoms with E-state index in [0.29, 0.717) is 11.3 Å². The maximum absolute atomic E-state index is 12.2. The van der Waals surface area contributed by atoms with Gasteiger partial charge in [0.2, 0.25) is 0 Å². The van der Waals surface area contributed by atoms with Crippen molar-refractivity contribution in [3.63, 3.8) is 0 Å². The molecule has 0 unspecified atom stereocenters. The number of esters is 1. The van der Waals surface area contributed by atoms with Crippen LogP contribution in [0.25, 0.3) is 6.08 Å². The van der Waals surface area contributed by atoms with Gasteiger partial charge in [-0.3, -0.25) is 4.79 Å². The highest BCUT2D eigenvalue weighted by atomic mass is 16.5. The van der Waals surface area contributed by atoms with Crippen LogP contribution in [0.15, 0.2) is 58.8 Å². The van der Waals surface area contributed by atoms with Crippen molar-refractivity contribution in [3.05, 3.63) is 65.7 Å². The van der Waals surface area contributed by atoms with E-state index in [0.717, 1.165) is 0 Å². The highest BCUT2D eigenvalue weighted by molar-refractivity contribution is 6.03. The molecule has 1 aromatic heterocycles. The van der Waals surface area contributed by atoms with Crippen LogP contribution in [0, 0.1) is 5.92 Å². The number of rotatable bonds is 6. The Kier molecular flexibility index (Phi) is 5.74. The van der Waals surface area contributed by atoms with Gasteiger partial charge >= 0.3 is 5.97 Å². The van der Waals surface area contributed by atoms with E-state index < -0.39 is 5.97 Å². The fraction of sp³-hybridized carbons (Fsp3) is 0.222. The van der Waals surface area contributed by atoms with Crippen molar-refractivity contribution in [3.8, 4) is 0 Å². The molecule has 0 radical (unpaired) electrons. The van der Waals surface area contributed by atoms with Crippen LogP contribution in [0.4, 0.5) is 0 Å². The third-order valence-corrected chi connectivity index (χ3v) is 2.88. The van der Waals surface area contributed by atoms with Crippen LogP contribution in [-0.4, -0.2) is 18.5 Å². The van der Waals surface area contributed by atoms with E-state index in [-0.39, 0.29) is 24.1 Å². The standard InChI is InChI=1S/C18H19NO4/c1-13(2)12-23-18(21)16(11-15-9-6-10-22-15)19-17(20)14-7-4-3-5-8-14/h3-11,13H,12H2,1-2H3,(H,19,20). The molecule has 5 nitrogen and oxygen atoms in total. The topological polar surface area (TPSA) is 68.5 Å². The van der Waals surface area contributed by atoms with Crippen molar-refractivity contribution in [1.82, 2.24) is 5.32 Å². The Morgan fingerprint density at radius 1 is 1.17 bits per heavy atom. The summed E-state index contributed by atoms with van der Waals surface area (Å²) in [4.78, 5) is 24.4. The van der Waals surface area contributed by atoms with Crippen molar-refractivity contribution < 1.29 is 18.7 Å². The van der Waals surface area contributed by atoms with Gasteiger partial charge in [0.25, 0.3) is 5.91 Å². The quantitative estimate of drug-likeness (QED) is 0.656. The van der Waals surface area contributed by atoms with E-state index in [1.54, 1.807) is 36.4 Å². The van der Waals surface area contributed by atoms with E-state index in [4.69, 9.17) is 9.15 Å². The molecule has 0 aliphatic rings. The first-order valence-corrected chi connectivity index (χ1v) is 7.35. The molecule has 0 aliphatic heterocycles. The van der Waals surface area contributed by atoms with E-state index >= 15 is 0 Å². The molecule has 120 valence electrons. The summed E-state index contributed by atoms with van der Waals surface area (Å²) in [5, 5.41) is 2.58. The Hall–Kier alpha value is -2.82. The van der Waals surface area contributed by atoms with Crippen LogP contribution in [0.1, 0.15) is 30.0 Å². The van der Waals surface area contributed by atoms with Crippen molar-refractivity contribution in [2.24, 2.45) is 5.92 Å². The third kappa shape index (κ3) is 5.14. The predicted octanol–water partition coefficient (Wildman–Crippen LogP) is 3.25. The minimum atomic E-state index is -0.598. The fourth-order valence-electron chi connectivity index (χ4n) is 1.77. The molecule has 0 aliphatic carbocycles. The van der Waals surface area contributed by atoms with Crippen molar-refractivity contribution >= 4 is 18.0 Å². The van der Waals surface area contributed by atoms with Crippen molar-refractivity contribution in [2.45, 2.75) is 13.8 Å². The Labute approximate surface area is 134 Å². The van der Waals surface area contributed by atoms with Gasteiger partial charge in [0.1, 0.15) is 11.5 Å². The minimum Gasteiger partial charge on any atom is -0.465 e. The second-order valence-corrected chi connectivity index (χ2v) is 5.39. The van der Waals surface area contributed by atoms with Crippen LogP contribution in [0.2, 0.25) is 0 Å². The van der Waals surface area contributed by atoms with Gasteiger partial charge in [-0.15, -0.1) is 0 Å². The molecule has 1 aromatic carbocycles. The number of furan rings is 1. The van der Waals surface area contributed by atoms with Gasteiger partial charge in [-0.25, -0.2) is 4.79 Å². The minimum absolute atomic E-state index is 0.0365. The van der Waals surface area contributed by atoms with Gasteiger partial charge in [0.05, 0.1) is 12.9 Å². The summed E-state index contributed by atoms with van der Waals surface area (Å²) in [5.41, 5.74) is 0.490. The number of nitrogens with one attached hydrogen (secondary N) is 1.